The number of hydrogen-bond donors (Lipinski definition) is 1. The van der Waals surface area contributed by atoms with Gasteiger partial charge in [-0.2, -0.15) is 0 Å². The second-order valence-electron chi connectivity index (χ2n) is 5.99. The Kier molecular flexibility index (Phi) is 4.65. The third kappa shape index (κ3) is 3.45. The molecule has 128 valence electrons. The number of aromatic nitrogens is 2. The van der Waals surface area contributed by atoms with Crippen LogP contribution >= 0.6 is 0 Å². The van der Waals surface area contributed by atoms with Gasteiger partial charge in [-0.15, -0.1) is 0 Å². The van der Waals surface area contributed by atoms with Crippen LogP contribution < -0.4 is 5.32 Å². The van der Waals surface area contributed by atoms with Crippen LogP contribution in [-0.4, -0.2) is 22.5 Å². The number of benzene rings is 2. The first-order valence-corrected chi connectivity index (χ1v) is 8.28. The summed E-state index contributed by atoms with van der Waals surface area (Å²) in [5.74, 6) is -0.0800. The van der Waals surface area contributed by atoms with E-state index in [9.17, 15) is 4.79 Å². The van der Waals surface area contributed by atoms with Crippen molar-refractivity contribution in [1.82, 2.24) is 9.97 Å². The molecule has 0 bridgehead atoms. The summed E-state index contributed by atoms with van der Waals surface area (Å²) < 4.78 is 5.14. The standard InChI is InChI=1S/C20H21N3O2/c1-5-25-20(24)18-19(23-17-9-7-6-8-16(17)22-18)21-15-10-12(2)14(4)13(3)11-15/h6-11H,5H2,1-4H3,(H,21,23). The van der Waals surface area contributed by atoms with Crippen LogP contribution in [0.25, 0.3) is 11.0 Å². The molecule has 1 aromatic heterocycles. The molecule has 0 radical (unpaired) electrons. The SMILES string of the molecule is CCOC(=O)c1nc2ccccc2nc1Nc1cc(C)c(C)c(C)c1. The summed E-state index contributed by atoms with van der Waals surface area (Å²) in [5, 5.41) is 3.24. The molecule has 1 heterocycles. The molecule has 0 atom stereocenters. The highest BCUT2D eigenvalue weighted by Crippen LogP contribution is 2.25. The van der Waals surface area contributed by atoms with E-state index in [-0.39, 0.29) is 12.3 Å². The Labute approximate surface area is 147 Å². The number of fused-ring (bicyclic) bond motifs is 1. The van der Waals surface area contributed by atoms with Crippen LogP contribution in [0.2, 0.25) is 0 Å². The Morgan fingerprint density at radius 1 is 1.04 bits per heavy atom. The van der Waals surface area contributed by atoms with E-state index in [1.807, 2.05) is 36.4 Å². The number of ether oxygens (including phenoxy) is 1. The van der Waals surface area contributed by atoms with Gasteiger partial charge in [-0.3, -0.25) is 0 Å². The fraction of sp³-hybridized carbons (Fsp3) is 0.250. The van der Waals surface area contributed by atoms with Crippen molar-refractivity contribution in [3.05, 3.63) is 58.8 Å². The molecule has 0 amide bonds. The number of hydrogen-bond acceptors (Lipinski definition) is 5. The topological polar surface area (TPSA) is 64.1 Å². The fourth-order valence-electron chi connectivity index (χ4n) is 2.67. The fourth-order valence-corrected chi connectivity index (χ4v) is 2.67. The molecule has 5 heteroatoms. The van der Waals surface area contributed by atoms with Gasteiger partial charge in [0.25, 0.3) is 0 Å². The molecule has 0 unspecified atom stereocenters. The number of nitrogens with one attached hydrogen (secondary N) is 1. The Balaban J connectivity index is 2.10. The zero-order valence-electron chi connectivity index (χ0n) is 14.9. The Morgan fingerprint density at radius 2 is 1.64 bits per heavy atom. The Morgan fingerprint density at radius 3 is 2.24 bits per heavy atom. The van der Waals surface area contributed by atoms with E-state index in [1.165, 1.54) is 16.7 Å². The molecule has 0 aliphatic carbocycles. The quantitative estimate of drug-likeness (QED) is 0.712. The number of carbonyl (C=O) groups is 1. The maximum Gasteiger partial charge on any atom is 0.360 e. The first kappa shape index (κ1) is 16.9. The second kappa shape index (κ2) is 6.89. The van der Waals surface area contributed by atoms with Crippen LogP contribution in [0.3, 0.4) is 0 Å². The van der Waals surface area contributed by atoms with Crippen LogP contribution in [0.4, 0.5) is 11.5 Å². The maximum absolute atomic E-state index is 12.3. The first-order chi connectivity index (χ1) is 12.0. The molecule has 0 aliphatic heterocycles. The van der Waals surface area contributed by atoms with Gasteiger partial charge in [0.2, 0.25) is 0 Å². The number of esters is 1. The van der Waals surface area contributed by atoms with Crippen molar-refractivity contribution in [2.45, 2.75) is 27.7 Å². The van der Waals surface area contributed by atoms with Crippen LogP contribution in [0.5, 0.6) is 0 Å². The van der Waals surface area contributed by atoms with E-state index in [2.05, 4.69) is 36.1 Å². The minimum atomic E-state index is -0.483. The van der Waals surface area contributed by atoms with Crippen molar-refractivity contribution in [2.24, 2.45) is 0 Å². The van der Waals surface area contributed by atoms with Gasteiger partial charge in [-0.25, -0.2) is 14.8 Å². The normalized spacial score (nSPS) is 10.7. The van der Waals surface area contributed by atoms with E-state index in [0.717, 1.165) is 11.2 Å². The molecule has 0 spiro atoms. The maximum atomic E-state index is 12.3. The van der Waals surface area contributed by atoms with Crippen molar-refractivity contribution in [3.63, 3.8) is 0 Å². The minimum Gasteiger partial charge on any atom is -0.461 e. The molecular formula is C20H21N3O2. The number of carbonyl (C=O) groups excluding carboxylic acids is 1. The van der Waals surface area contributed by atoms with E-state index >= 15 is 0 Å². The number of anilines is 2. The minimum absolute atomic E-state index is 0.191. The van der Waals surface area contributed by atoms with Gasteiger partial charge in [-0.1, -0.05) is 12.1 Å². The highest BCUT2D eigenvalue weighted by Gasteiger charge is 2.18. The van der Waals surface area contributed by atoms with Crippen molar-refractivity contribution >= 4 is 28.5 Å². The summed E-state index contributed by atoms with van der Waals surface area (Å²) in [6, 6.07) is 11.5. The van der Waals surface area contributed by atoms with E-state index < -0.39 is 5.97 Å². The van der Waals surface area contributed by atoms with Gasteiger partial charge in [0, 0.05) is 5.69 Å². The third-order valence-corrected chi connectivity index (χ3v) is 4.23. The lowest BCUT2D eigenvalue weighted by Gasteiger charge is -2.13. The average molecular weight is 335 g/mol. The molecule has 2 aromatic carbocycles. The van der Waals surface area contributed by atoms with E-state index in [0.29, 0.717) is 11.3 Å². The van der Waals surface area contributed by atoms with Gasteiger partial charge >= 0.3 is 5.97 Å². The van der Waals surface area contributed by atoms with Crippen molar-refractivity contribution < 1.29 is 9.53 Å². The summed E-state index contributed by atoms with van der Waals surface area (Å²) in [6.45, 7) is 8.27. The number of rotatable bonds is 4. The molecule has 0 saturated heterocycles. The lowest BCUT2D eigenvalue weighted by atomic mass is 10.0. The Hall–Kier alpha value is -2.95. The second-order valence-corrected chi connectivity index (χ2v) is 5.99. The zero-order chi connectivity index (χ0) is 18.0. The summed E-state index contributed by atoms with van der Waals surface area (Å²) in [6.07, 6.45) is 0. The molecule has 0 fully saturated rings. The molecule has 0 aliphatic rings. The van der Waals surface area contributed by atoms with Gasteiger partial charge in [0.15, 0.2) is 11.5 Å². The number of aryl methyl sites for hydroxylation is 2. The highest BCUT2D eigenvalue weighted by atomic mass is 16.5. The van der Waals surface area contributed by atoms with Crippen LogP contribution in [-0.2, 0) is 4.74 Å². The van der Waals surface area contributed by atoms with E-state index in [1.54, 1.807) is 6.92 Å². The Bertz CT molecular complexity index is 928. The van der Waals surface area contributed by atoms with Crippen LogP contribution in [0.1, 0.15) is 34.1 Å². The lowest BCUT2D eigenvalue weighted by Crippen LogP contribution is -2.12. The highest BCUT2D eigenvalue weighted by molar-refractivity contribution is 5.96. The van der Waals surface area contributed by atoms with Gasteiger partial charge < -0.3 is 10.1 Å². The van der Waals surface area contributed by atoms with Gasteiger partial charge in [-0.05, 0) is 68.7 Å². The van der Waals surface area contributed by atoms with Crippen molar-refractivity contribution in [3.8, 4) is 0 Å². The van der Waals surface area contributed by atoms with Gasteiger partial charge in [0.05, 0.1) is 17.6 Å². The first-order valence-electron chi connectivity index (χ1n) is 8.28. The van der Waals surface area contributed by atoms with Crippen LogP contribution in [0, 0.1) is 20.8 Å². The molecule has 5 nitrogen and oxygen atoms in total. The summed E-state index contributed by atoms with van der Waals surface area (Å²) in [7, 11) is 0. The largest absolute Gasteiger partial charge is 0.461 e. The molecule has 1 N–H and O–H groups in total. The predicted molar refractivity (Wildman–Crippen MR) is 99.4 cm³/mol. The number of nitrogens with zero attached hydrogens (tertiary/aromatic N) is 2. The van der Waals surface area contributed by atoms with Gasteiger partial charge in [0.1, 0.15) is 0 Å². The third-order valence-electron chi connectivity index (χ3n) is 4.23. The summed E-state index contributed by atoms with van der Waals surface area (Å²) in [5.41, 5.74) is 6.04. The summed E-state index contributed by atoms with van der Waals surface area (Å²) in [4.78, 5) is 21.4. The van der Waals surface area contributed by atoms with Crippen LogP contribution in [0.15, 0.2) is 36.4 Å². The van der Waals surface area contributed by atoms with Crippen molar-refractivity contribution in [1.29, 1.82) is 0 Å². The molecule has 3 rings (SSSR count). The number of para-hydroxylation sites is 2. The van der Waals surface area contributed by atoms with E-state index in [4.69, 9.17) is 4.74 Å². The predicted octanol–water partition coefficient (Wildman–Crippen LogP) is 4.48. The smallest absolute Gasteiger partial charge is 0.360 e. The molecule has 3 aromatic rings. The average Bonchev–Trinajstić information content (AvgIpc) is 2.59. The molecular weight excluding hydrogens is 314 g/mol. The molecule has 25 heavy (non-hydrogen) atoms. The summed E-state index contributed by atoms with van der Waals surface area (Å²) >= 11 is 0. The lowest BCUT2D eigenvalue weighted by molar-refractivity contribution is 0.0521. The monoisotopic (exact) mass is 335 g/mol. The zero-order valence-corrected chi connectivity index (χ0v) is 14.9. The molecule has 0 saturated carbocycles. The van der Waals surface area contributed by atoms with Crippen molar-refractivity contribution in [2.75, 3.05) is 11.9 Å².